The molecule has 0 atom stereocenters. The fourth-order valence-corrected chi connectivity index (χ4v) is 2.56. The molecule has 12 heavy (non-hydrogen) atoms. The molecular weight excluding hydrogens is 188 g/mol. The molecule has 0 aromatic heterocycles. The maximum atomic E-state index is 5.93. The topological polar surface area (TPSA) is 0 Å². The van der Waals surface area contributed by atoms with Crippen molar-refractivity contribution in [2.75, 3.05) is 6.26 Å². The fraction of sp³-hybridized carbons (Fsp3) is 0.400. The van der Waals surface area contributed by atoms with E-state index in [2.05, 4.69) is 18.4 Å². The zero-order chi connectivity index (χ0) is 8.60. The lowest BCUT2D eigenvalue weighted by Gasteiger charge is -2.11. The molecule has 1 aromatic rings. The summed E-state index contributed by atoms with van der Waals surface area (Å²) >= 11 is 7.87. The second-order valence-corrected chi connectivity index (χ2v) is 4.83. The van der Waals surface area contributed by atoms with Crippen molar-refractivity contribution in [1.82, 2.24) is 0 Å². The van der Waals surface area contributed by atoms with E-state index >= 15 is 0 Å². The Labute approximate surface area is 82.3 Å². The van der Waals surface area contributed by atoms with Crippen LogP contribution in [0.3, 0.4) is 0 Å². The molecule has 2 rings (SSSR count). The quantitative estimate of drug-likeness (QED) is 0.699. The van der Waals surface area contributed by atoms with Crippen LogP contribution in [0.25, 0.3) is 0 Å². The third-order valence-electron chi connectivity index (χ3n) is 2.45. The van der Waals surface area contributed by atoms with Crippen LogP contribution in [0.4, 0.5) is 0 Å². The molecule has 0 amide bonds. The van der Waals surface area contributed by atoms with Crippen molar-refractivity contribution in [1.29, 1.82) is 0 Å². The molecule has 0 aliphatic heterocycles. The third-order valence-corrected chi connectivity index (χ3v) is 4.11. The summed E-state index contributed by atoms with van der Waals surface area (Å²) in [6.07, 6.45) is 4.77. The second-order valence-electron chi connectivity index (χ2n) is 3.21. The Morgan fingerprint density at radius 1 is 1.42 bits per heavy atom. The Bertz CT molecular complexity index is 292. The van der Waals surface area contributed by atoms with E-state index in [4.69, 9.17) is 11.6 Å². The summed E-state index contributed by atoms with van der Waals surface area (Å²) in [4.78, 5) is 0. The minimum Gasteiger partial charge on any atom is -0.154 e. The van der Waals surface area contributed by atoms with Gasteiger partial charge in [-0.05, 0) is 36.8 Å². The van der Waals surface area contributed by atoms with Gasteiger partial charge in [0.05, 0.1) is 0 Å². The highest BCUT2D eigenvalue weighted by atomic mass is 35.5. The van der Waals surface area contributed by atoms with Gasteiger partial charge in [-0.25, -0.2) is 0 Å². The lowest BCUT2D eigenvalue weighted by Crippen LogP contribution is -1.98. The molecule has 2 heteroatoms. The highest BCUT2D eigenvalue weighted by Crippen LogP contribution is 2.56. The maximum absolute atomic E-state index is 5.93. The molecule has 1 saturated carbocycles. The number of benzene rings is 1. The highest BCUT2D eigenvalue weighted by Gasteiger charge is 2.43. The van der Waals surface area contributed by atoms with Crippen molar-refractivity contribution in [3.8, 4) is 0 Å². The summed E-state index contributed by atoms with van der Waals surface area (Å²) in [7, 11) is 0. The number of hydrogen-bond donors (Lipinski definition) is 0. The molecule has 0 bridgehead atoms. The number of hydrogen-bond acceptors (Lipinski definition) is 1. The molecule has 1 aliphatic carbocycles. The zero-order valence-corrected chi connectivity index (χ0v) is 8.58. The van der Waals surface area contributed by atoms with Gasteiger partial charge < -0.3 is 0 Å². The van der Waals surface area contributed by atoms with Crippen molar-refractivity contribution in [2.45, 2.75) is 17.6 Å². The van der Waals surface area contributed by atoms with Gasteiger partial charge in [0.25, 0.3) is 0 Å². The van der Waals surface area contributed by atoms with Gasteiger partial charge >= 0.3 is 0 Å². The molecule has 64 valence electrons. The summed E-state index contributed by atoms with van der Waals surface area (Å²) < 4.78 is 0.408. The Morgan fingerprint density at radius 3 is 2.67 bits per heavy atom. The summed E-state index contributed by atoms with van der Waals surface area (Å²) in [5, 5.41) is 0.854. The monoisotopic (exact) mass is 198 g/mol. The van der Waals surface area contributed by atoms with E-state index in [9.17, 15) is 0 Å². The van der Waals surface area contributed by atoms with Crippen LogP contribution in [0.5, 0.6) is 0 Å². The van der Waals surface area contributed by atoms with Crippen LogP contribution in [-0.2, 0) is 4.75 Å². The molecule has 1 aromatic carbocycles. The molecule has 0 nitrogen and oxygen atoms in total. The van der Waals surface area contributed by atoms with Gasteiger partial charge in [0, 0.05) is 9.77 Å². The molecule has 0 unspecified atom stereocenters. The van der Waals surface area contributed by atoms with Crippen LogP contribution in [0.15, 0.2) is 24.3 Å². The first kappa shape index (κ1) is 8.46. The van der Waals surface area contributed by atoms with E-state index in [1.165, 1.54) is 18.4 Å². The van der Waals surface area contributed by atoms with Crippen molar-refractivity contribution in [3.63, 3.8) is 0 Å². The first-order valence-electron chi connectivity index (χ1n) is 4.08. The molecule has 0 heterocycles. The Kier molecular flexibility index (Phi) is 2.09. The van der Waals surface area contributed by atoms with Gasteiger partial charge in [-0.1, -0.05) is 23.7 Å². The van der Waals surface area contributed by atoms with Crippen LogP contribution < -0.4 is 0 Å². The van der Waals surface area contributed by atoms with E-state index in [-0.39, 0.29) is 0 Å². The van der Waals surface area contributed by atoms with E-state index in [1.54, 1.807) is 0 Å². The lowest BCUT2D eigenvalue weighted by atomic mass is 10.1. The van der Waals surface area contributed by atoms with E-state index < -0.39 is 0 Å². The summed E-state index contributed by atoms with van der Waals surface area (Å²) in [5.41, 5.74) is 1.39. The highest BCUT2D eigenvalue weighted by molar-refractivity contribution is 7.99. The van der Waals surface area contributed by atoms with Gasteiger partial charge in [-0.3, -0.25) is 0 Å². The van der Waals surface area contributed by atoms with Gasteiger partial charge in [0.1, 0.15) is 0 Å². The molecule has 0 saturated heterocycles. The predicted octanol–water partition coefficient (Wildman–Crippen LogP) is 3.69. The van der Waals surface area contributed by atoms with Crippen LogP contribution in [-0.4, -0.2) is 6.26 Å². The van der Waals surface area contributed by atoms with Gasteiger partial charge in [-0.15, -0.1) is 0 Å². The Balaban J connectivity index is 2.34. The van der Waals surface area contributed by atoms with Gasteiger partial charge in [0.2, 0.25) is 0 Å². The first-order valence-corrected chi connectivity index (χ1v) is 5.68. The Hall–Kier alpha value is -0.140. The number of thioether (sulfide) groups is 1. The largest absolute Gasteiger partial charge is 0.154 e. The molecule has 1 fully saturated rings. The van der Waals surface area contributed by atoms with Crippen molar-refractivity contribution >= 4 is 23.4 Å². The smallest absolute Gasteiger partial charge is 0.0409 e. The van der Waals surface area contributed by atoms with E-state index in [1.807, 2.05) is 23.9 Å². The SMILES string of the molecule is CSC1(c2cccc(Cl)c2)CC1. The standard InChI is InChI=1S/C10H11ClS/c1-12-10(5-6-10)8-3-2-4-9(11)7-8/h2-4,7H,5-6H2,1H3. The van der Waals surface area contributed by atoms with Crippen LogP contribution in [0.1, 0.15) is 18.4 Å². The molecular formula is C10H11ClS. The first-order chi connectivity index (χ1) is 5.77. The molecule has 0 N–H and O–H groups in total. The zero-order valence-electron chi connectivity index (χ0n) is 7.01. The minimum atomic E-state index is 0.408. The van der Waals surface area contributed by atoms with Crippen LogP contribution in [0.2, 0.25) is 5.02 Å². The summed E-state index contributed by atoms with van der Waals surface area (Å²) in [5.74, 6) is 0. The summed E-state index contributed by atoms with van der Waals surface area (Å²) in [6, 6.07) is 8.23. The van der Waals surface area contributed by atoms with E-state index in [0.717, 1.165) is 5.02 Å². The number of rotatable bonds is 2. The molecule has 0 radical (unpaired) electrons. The third kappa shape index (κ3) is 1.36. The molecule has 1 aliphatic rings. The van der Waals surface area contributed by atoms with Crippen molar-refractivity contribution < 1.29 is 0 Å². The average Bonchev–Trinajstić information content (AvgIpc) is 2.84. The van der Waals surface area contributed by atoms with Gasteiger partial charge in [0.15, 0.2) is 0 Å². The second kappa shape index (κ2) is 2.97. The lowest BCUT2D eigenvalue weighted by molar-refractivity contribution is 1.04. The molecule has 0 spiro atoms. The van der Waals surface area contributed by atoms with E-state index in [0.29, 0.717) is 4.75 Å². The average molecular weight is 199 g/mol. The number of halogens is 1. The normalized spacial score (nSPS) is 19.2. The minimum absolute atomic E-state index is 0.408. The van der Waals surface area contributed by atoms with Crippen molar-refractivity contribution in [3.05, 3.63) is 34.9 Å². The van der Waals surface area contributed by atoms with Crippen LogP contribution >= 0.6 is 23.4 Å². The summed E-state index contributed by atoms with van der Waals surface area (Å²) in [6.45, 7) is 0. The Morgan fingerprint density at radius 2 is 2.17 bits per heavy atom. The fourth-order valence-electron chi connectivity index (χ4n) is 1.50. The maximum Gasteiger partial charge on any atom is 0.0409 e. The van der Waals surface area contributed by atoms with Crippen LogP contribution in [0, 0.1) is 0 Å². The van der Waals surface area contributed by atoms with Gasteiger partial charge in [-0.2, -0.15) is 11.8 Å². The van der Waals surface area contributed by atoms with Crippen molar-refractivity contribution in [2.24, 2.45) is 0 Å². The predicted molar refractivity (Wildman–Crippen MR) is 55.9 cm³/mol.